The minimum atomic E-state index is 0.306. The Labute approximate surface area is 83.7 Å². The van der Waals surface area contributed by atoms with Gasteiger partial charge in [0.1, 0.15) is 17.3 Å². The fourth-order valence-electron chi connectivity index (χ4n) is 0.976. The first-order valence-corrected chi connectivity index (χ1v) is 4.63. The van der Waals surface area contributed by atoms with E-state index in [1.165, 1.54) is 5.56 Å². The highest BCUT2D eigenvalue weighted by atomic mass is 32.1. The summed E-state index contributed by atoms with van der Waals surface area (Å²) in [6, 6.07) is 7.93. The molecule has 13 heavy (non-hydrogen) atoms. The van der Waals surface area contributed by atoms with Crippen molar-refractivity contribution in [1.82, 2.24) is 0 Å². The predicted octanol–water partition coefficient (Wildman–Crippen LogP) is 1.91. The lowest BCUT2D eigenvalue weighted by molar-refractivity contribution is 0.377. The first kappa shape index (κ1) is 9.99. The third-order valence-corrected chi connectivity index (χ3v) is 1.83. The topological polar surface area (TPSA) is 35.2 Å². The lowest BCUT2D eigenvalue weighted by Gasteiger charge is -2.04. The van der Waals surface area contributed by atoms with Crippen molar-refractivity contribution in [2.75, 3.05) is 6.61 Å². The van der Waals surface area contributed by atoms with E-state index in [9.17, 15) is 0 Å². The Bertz CT molecular complexity index is 281. The van der Waals surface area contributed by atoms with Gasteiger partial charge in [-0.15, -0.1) is 0 Å². The number of benzene rings is 1. The van der Waals surface area contributed by atoms with Crippen LogP contribution in [-0.4, -0.2) is 11.6 Å². The molecule has 0 atom stereocenters. The number of hydrogen-bond donors (Lipinski definition) is 1. The molecule has 0 fully saturated rings. The summed E-state index contributed by atoms with van der Waals surface area (Å²) in [5, 5.41) is 0. The SMILES string of the molecule is CCc1ccc(OCC(N)=S)cc1. The third-order valence-electron chi connectivity index (χ3n) is 1.71. The standard InChI is InChI=1S/C10H13NOS/c1-2-8-3-5-9(6-4-8)12-7-10(11)13/h3-6H,2,7H2,1H3,(H2,11,13). The van der Waals surface area contributed by atoms with Crippen LogP contribution in [0.25, 0.3) is 0 Å². The van der Waals surface area contributed by atoms with E-state index in [0.29, 0.717) is 11.6 Å². The number of hydrogen-bond acceptors (Lipinski definition) is 2. The molecule has 0 heterocycles. The lowest BCUT2D eigenvalue weighted by Crippen LogP contribution is -2.17. The average Bonchev–Trinajstić information content (AvgIpc) is 2.15. The molecule has 3 heteroatoms. The van der Waals surface area contributed by atoms with Crippen LogP contribution >= 0.6 is 12.2 Å². The van der Waals surface area contributed by atoms with Crippen molar-refractivity contribution in [3.05, 3.63) is 29.8 Å². The second kappa shape index (κ2) is 4.82. The van der Waals surface area contributed by atoms with Gasteiger partial charge in [0.15, 0.2) is 0 Å². The Morgan fingerprint density at radius 1 is 1.38 bits per heavy atom. The Balaban J connectivity index is 2.54. The molecule has 0 spiro atoms. The minimum absolute atomic E-state index is 0.306. The normalized spacial score (nSPS) is 9.62. The van der Waals surface area contributed by atoms with Gasteiger partial charge < -0.3 is 10.5 Å². The Morgan fingerprint density at radius 2 is 2.00 bits per heavy atom. The molecule has 0 aromatic heterocycles. The molecule has 0 amide bonds. The van der Waals surface area contributed by atoms with Gasteiger partial charge in [-0.05, 0) is 24.1 Å². The fraction of sp³-hybridized carbons (Fsp3) is 0.300. The monoisotopic (exact) mass is 195 g/mol. The Kier molecular flexibility index (Phi) is 3.71. The van der Waals surface area contributed by atoms with Crippen LogP contribution in [0.15, 0.2) is 24.3 Å². The van der Waals surface area contributed by atoms with E-state index in [0.717, 1.165) is 12.2 Å². The number of aryl methyl sites for hydroxylation is 1. The van der Waals surface area contributed by atoms with Gasteiger partial charge in [0, 0.05) is 0 Å². The number of nitrogens with two attached hydrogens (primary N) is 1. The molecular formula is C10H13NOS. The van der Waals surface area contributed by atoms with Crippen LogP contribution in [0.3, 0.4) is 0 Å². The van der Waals surface area contributed by atoms with E-state index in [1.54, 1.807) is 0 Å². The van der Waals surface area contributed by atoms with E-state index < -0.39 is 0 Å². The molecule has 0 aliphatic carbocycles. The zero-order valence-electron chi connectivity index (χ0n) is 7.62. The molecule has 0 saturated heterocycles. The number of rotatable bonds is 4. The molecule has 0 aliphatic heterocycles. The zero-order valence-corrected chi connectivity index (χ0v) is 8.43. The van der Waals surface area contributed by atoms with Gasteiger partial charge in [0.05, 0.1) is 0 Å². The Morgan fingerprint density at radius 3 is 2.46 bits per heavy atom. The van der Waals surface area contributed by atoms with Crippen LogP contribution in [0.2, 0.25) is 0 Å². The molecule has 1 aromatic carbocycles. The maximum atomic E-state index is 5.30. The second-order valence-electron chi connectivity index (χ2n) is 2.75. The van der Waals surface area contributed by atoms with Gasteiger partial charge in [0.2, 0.25) is 0 Å². The van der Waals surface area contributed by atoms with Crippen LogP contribution in [0.1, 0.15) is 12.5 Å². The van der Waals surface area contributed by atoms with Crippen molar-refractivity contribution in [1.29, 1.82) is 0 Å². The number of thiocarbonyl (C=S) groups is 1. The van der Waals surface area contributed by atoms with Crippen molar-refractivity contribution in [2.24, 2.45) is 5.73 Å². The smallest absolute Gasteiger partial charge is 0.138 e. The molecule has 70 valence electrons. The number of ether oxygens (including phenoxy) is 1. The van der Waals surface area contributed by atoms with Crippen LogP contribution in [0.5, 0.6) is 5.75 Å². The van der Waals surface area contributed by atoms with Crippen molar-refractivity contribution in [3.63, 3.8) is 0 Å². The van der Waals surface area contributed by atoms with Crippen LogP contribution in [0.4, 0.5) is 0 Å². The van der Waals surface area contributed by atoms with Crippen LogP contribution < -0.4 is 10.5 Å². The molecule has 0 radical (unpaired) electrons. The van der Waals surface area contributed by atoms with Gasteiger partial charge in [-0.25, -0.2) is 0 Å². The molecular weight excluding hydrogens is 182 g/mol. The van der Waals surface area contributed by atoms with Crippen LogP contribution in [0, 0.1) is 0 Å². The summed E-state index contributed by atoms with van der Waals surface area (Å²) in [6.45, 7) is 2.42. The summed E-state index contributed by atoms with van der Waals surface area (Å²) in [6.07, 6.45) is 1.04. The molecule has 2 N–H and O–H groups in total. The van der Waals surface area contributed by atoms with Gasteiger partial charge in [-0.2, -0.15) is 0 Å². The quantitative estimate of drug-likeness (QED) is 0.745. The highest BCUT2D eigenvalue weighted by Gasteiger charge is 1.94. The van der Waals surface area contributed by atoms with Gasteiger partial charge >= 0.3 is 0 Å². The molecule has 0 bridgehead atoms. The average molecular weight is 195 g/mol. The fourth-order valence-corrected chi connectivity index (χ4v) is 1.03. The Hall–Kier alpha value is -1.09. The summed E-state index contributed by atoms with van der Waals surface area (Å²) in [7, 11) is 0. The first-order chi connectivity index (χ1) is 6.22. The summed E-state index contributed by atoms with van der Waals surface area (Å²) < 4.78 is 5.30. The molecule has 1 aromatic rings. The van der Waals surface area contributed by atoms with Crippen molar-refractivity contribution in [3.8, 4) is 5.75 Å². The lowest BCUT2D eigenvalue weighted by atomic mass is 10.2. The summed E-state index contributed by atoms with van der Waals surface area (Å²) in [5.74, 6) is 0.810. The first-order valence-electron chi connectivity index (χ1n) is 4.22. The minimum Gasteiger partial charge on any atom is -0.487 e. The molecule has 0 saturated carbocycles. The van der Waals surface area contributed by atoms with E-state index in [4.69, 9.17) is 22.7 Å². The van der Waals surface area contributed by atoms with E-state index in [-0.39, 0.29) is 0 Å². The highest BCUT2D eigenvalue weighted by Crippen LogP contribution is 2.12. The van der Waals surface area contributed by atoms with Gasteiger partial charge in [-0.3, -0.25) is 0 Å². The van der Waals surface area contributed by atoms with Gasteiger partial charge in [0.25, 0.3) is 0 Å². The van der Waals surface area contributed by atoms with Crippen LogP contribution in [-0.2, 0) is 6.42 Å². The van der Waals surface area contributed by atoms with Gasteiger partial charge in [-0.1, -0.05) is 31.3 Å². The maximum Gasteiger partial charge on any atom is 0.138 e. The maximum absolute atomic E-state index is 5.30. The largest absolute Gasteiger partial charge is 0.487 e. The highest BCUT2D eigenvalue weighted by molar-refractivity contribution is 7.80. The summed E-state index contributed by atoms with van der Waals surface area (Å²) in [5.41, 5.74) is 6.60. The van der Waals surface area contributed by atoms with E-state index in [1.807, 2.05) is 24.3 Å². The van der Waals surface area contributed by atoms with E-state index >= 15 is 0 Å². The summed E-state index contributed by atoms with van der Waals surface area (Å²) in [4.78, 5) is 0.375. The molecule has 2 nitrogen and oxygen atoms in total. The second-order valence-corrected chi connectivity index (χ2v) is 3.28. The summed E-state index contributed by atoms with van der Waals surface area (Å²) >= 11 is 4.70. The molecule has 0 unspecified atom stereocenters. The van der Waals surface area contributed by atoms with Crippen molar-refractivity contribution >= 4 is 17.2 Å². The van der Waals surface area contributed by atoms with Crippen molar-refractivity contribution < 1.29 is 4.74 Å². The molecule has 1 rings (SSSR count). The third kappa shape index (κ3) is 3.42. The molecule has 0 aliphatic rings. The van der Waals surface area contributed by atoms with Crippen molar-refractivity contribution in [2.45, 2.75) is 13.3 Å². The predicted molar refractivity (Wildman–Crippen MR) is 58.1 cm³/mol. The zero-order chi connectivity index (χ0) is 9.68. The van der Waals surface area contributed by atoms with E-state index in [2.05, 4.69) is 6.92 Å².